The van der Waals surface area contributed by atoms with Crippen LogP contribution in [-0.2, 0) is 16.1 Å². The summed E-state index contributed by atoms with van der Waals surface area (Å²) in [6.07, 6.45) is 0.0207. The van der Waals surface area contributed by atoms with Gasteiger partial charge in [0.2, 0.25) is 11.8 Å². The van der Waals surface area contributed by atoms with Gasteiger partial charge in [-0.2, -0.15) is 5.26 Å². The summed E-state index contributed by atoms with van der Waals surface area (Å²) in [5.74, 6) is 5.70. The van der Waals surface area contributed by atoms with Gasteiger partial charge < -0.3 is 14.5 Å². The predicted octanol–water partition coefficient (Wildman–Crippen LogP) is 4.93. The van der Waals surface area contributed by atoms with Crippen LogP contribution >= 0.6 is 11.6 Å². The van der Waals surface area contributed by atoms with Gasteiger partial charge in [0.25, 0.3) is 17.7 Å². The van der Waals surface area contributed by atoms with E-state index in [1.807, 2.05) is 36.1 Å². The average molecular weight is 799 g/mol. The maximum Gasteiger partial charge on any atom is 0.262 e. The van der Waals surface area contributed by atoms with E-state index in [4.69, 9.17) is 16.3 Å². The molecule has 1 N–H and O–H groups in total. The Morgan fingerprint density at radius 3 is 2.28 bits per heavy atom. The fraction of sp³-hybridized carbons (Fsp3) is 0.422. The molecule has 1 unspecified atom stereocenters. The van der Waals surface area contributed by atoms with Gasteiger partial charge in [-0.15, -0.1) is 0 Å². The number of hydrogen-bond donors (Lipinski definition) is 1. The third kappa shape index (κ3) is 5.79. The molecular formula is C45H43ClN6O6. The summed E-state index contributed by atoms with van der Waals surface area (Å²) < 4.78 is 6.59. The van der Waals surface area contributed by atoms with Gasteiger partial charge in [0.1, 0.15) is 24.0 Å². The van der Waals surface area contributed by atoms with Crippen molar-refractivity contribution in [3.05, 3.63) is 92.5 Å². The van der Waals surface area contributed by atoms with Crippen molar-refractivity contribution in [3.8, 4) is 23.7 Å². The van der Waals surface area contributed by atoms with Crippen LogP contribution in [0.15, 0.2) is 48.5 Å². The Balaban J connectivity index is 0.787. The first-order valence-electron chi connectivity index (χ1n) is 19.7. The number of hydrogen-bond acceptors (Lipinski definition) is 9. The molecule has 0 aromatic heterocycles. The van der Waals surface area contributed by atoms with Crippen LogP contribution < -0.4 is 15.0 Å². The molecule has 0 bridgehead atoms. The molecule has 1 atom stereocenters. The normalized spacial score (nSPS) is 24.9. The van der Waals surface area contributed by atoms with Crippen LogP contribution in [0.3, 0.4) is 0 Å². The summed E-state index contributed by atoms with van der Waals surface area (Å²) in [6, 6.07) is 16.0. The zero-order valence-electron chi connectivity index (χ0n) is 33.0. The fourth-order valence-corrected chi connectivity index (χ4v) is 10.7. The number of halogens is 1. The van der Waals surface area contributed by atoms with Crippen molar-refractivity contribution >= 4 is 46.8 Å². The van der Waals surface area contributed by atoms with E-state index in [0.29, 0.717) is 34.5 Å². The summed E-state index contributed by atoms with van der Waals surface area (Å²) in [5, 5.41) is 12.0. The van der Waals surface area contributed by atoms with Crippen LogP contribution in [0.2, 0.25) is 5.02 Å². The van der Waals surface area contributed by atoms with Crippen molar-refractivity contribution in [2.24, 2.45) is 16.7 Å². The standard InChI is InChI=1S/C45H43ClN6O6/c1-24-35(14-9-27(18-47)37(24)46)58-43-44(2,3)42(45(43,4)5)51-21-28-16-25(8-11-31(28)39(51)55)6-7-26-19-49(20-26)30-22-50(23-30)29-10-12-32-33(17-29)41(57)52(40(32)56)34-13-15-36(53)48-38(34)54/h8-12,14,16-17,26,30,34,42-43H,13,15,19-23H2,1-5H3,(H,48,53,54). The van der Waals surface area contributed by atoms with Crippen molar-refractivity contribution in [2.75, 3.05) is 31.1 Å². The highest BCUT2D eigenvalue weighted by atomic mass is 35.5. The van der Waals surface area contributed by atoms with E-state index in [1.165, 1.54) is 0 Å². The Bertz CT molecular complexity index is 2450. The number of fused-ring (bicyclic) bond motifs is 2. The van der Waals surface area contributed by atoms with E-state index in [-0.39, 0.29) is 58.8 Å². The second kappa shape index (κ2) is 13.4. The number of carbonyl (C=O) groups is 5. The van der Waals surface area contributed by atoms with Crippen LogP contribution in [-0.4, -0.2) is 94.6 Å². The van der Waals surface area contributed by atoms with Gasteiger partial charge in [-0.25, -0.2) is 0 Å². The number of carbonyl (C=O) groups excluding carboxylic acids is 5. The van der Waals surface area contributed by atoms with E-state index in [0.717, 1.165) is 53.5 Å². The van der Waals surface area contributed by atoms with Crippen molar-refractivity contribution in [1.82, 2.24) is 20.0 Å². The third-order valence-corrected chi connectivity index (χ3v) is 13.7. The number of nitrogens with zero attached hydrogens (tertiary/aromatic N) is 5. The average Bonchev–Trinajstić information content (AvgIpc) is 3.58. The topological polar surface area (TPSA) is 143 Å². The summed E-state index contributed by atoms with van der Waals surface area (Å²) in [7, 11) is 0. The van der Waals surface area contributed by atoms with Crippen molar-refractivity contribution in [2.45, 2.75) is 78.2 Å². The minimum Gasteiger partial charge on any atom is -0.489 e. The summed E-state index contributed by atoms with van der Waals surface area (Å²) >= 11 is 6.45. The Morgan fingerprint density at radius 1 is 0.862 bits per heavy atom. The zero-order chi connectivity index (χ0) is 41.0. The van der Waals surface area contributed by atoms with Gasteiger partial charge in [0.05, 0.1) is 21.7 Å². The molecule has 3 aromatic carbocycles. The van der Waals surface area contributed by atoms with E-state index >= 15 is 0 Å². The first-order valence-corrected chi connectivity index (χ1v) is 20.1. The molecule has 1 aliphatic carbocycles. The van der Waals surface area contributed by atoms with Gasteiger partial charge >= 0.3 is 0 Å². The minimum absolute atomic E-state index is 0.0232. The molecule has 0 spiro atoms. The van der Waals surface area contributed by atoms with Crippen LogP contribution in [0.5, 0.6) is 5.75 Å². The van der Waals surface area contributed by atoms with Crippen LogP contribution in [0.1, 0.15) is 93.9 Å². The molecule has 5 amide bonds. The molecule has 6 aliphatic rings. The Labute approximate surface area is 342 Å². The highest BCUT2D eigenvalue weighted by Gasteiger charge is 2.67. The number of anilines is 1. The lowest BCUT2D eigenvalue weighted by atomic mass is 9.49. The van der Waals surface area contributed by atoms with Gasteiger partial charge in [0.15, 0.2) is 0 Å². The first-order chi connectivity index (χ1) is 27.6. The Morgan fingerprint density at radius 2 is 1.57 bits per heavy atom. The van der Waals surface area contributed by atoms with Gasteiger partial charge in [0, 0.05) is 90.4 Å². The van der Waals surface area contributed by atoms with Gasteiger partial charge in [-0.3, -0.25) is 39.1 Å². The number of benzene rings is 3. The monoisotopic (exact) mass is 798 g/mol. The minimum atomic E-state index is -0.984. The molecule has 9 rings (SSSR count). The maximum atomic E-state index is 13.8. The number of likely N-dealkylation sites (tertiary alicyclic amines) is 1. The number of imide groups is 2. The summed E-state index contributed by atoms with van der Waals surface area (Å²) in [4.78, 5) is 71.8. The molecule has 58 heavy (non-hydrogen) atoms. The van der Waals surface area contributed by atoms with Crippen LogP contribution in [0, 0.1) is 46.8 Å². The molecule has 13 heteroatoms. The second-order valence-electron chi connectivity index (χ2n) is 17.7. The molecule has 3 saturated heterocycles. The van der Waals surface area contributed by atoms with E-state index in [1.54, 1.807) is 24.3 Å². The Kier molecular flexibility index (Phi) is 8.77. The molecule has 296 valence electrons. The smallest absolute Gasteiger partial charge is 0.262 e. The number of nitriles is 1. The maximum absolute atomic E-state index is 13.8. The number of amides is 5. The zero-order valence-corrected chi connectivity index (χ0v) is 33.8. The third-order valence-electron chi connectivity index (χ3n) is 13.2. The number of nitrogens with one attached hydrogen (secondary N) is 1. The quantitative estimate of drug-likeness (QED) is 0.271. The molecule has 5 aliphatic heterocycles. The van der Waals surface area contributed by atoms with Crippen molar-refractivity contribution < 1.29 is 28.7 Å². The van der Waals surface area contributed by atoms with Gasteiger partial charge in [-0.1, -0.05) is 51.1 Å². The summed E-state index contributed by atoms with van der Waals surface area (Å²) in [6.45, 7) is 14.2. The SMILES string of the molecule is Cc1c(OC2C(C)(C)C(N3Cc4cc(C#CC5CN(C6CN(c7ccc8c(c7)C(=O)N(C7CCC(=O)NC7=O)C8=O)C6)C5)ccc4C3=O)C2(C)C)ccc(C#N)c1Cl. The van der Waals surface area contributed by atoms with E-state index in [9.17, 15) is 29.2 Å². The van der Waals surface area contributed by atoms with Crippen molar-refractivity contribution in [1.29, 1.82) is 5.26 Å². The highest BCUT2D eigenvalue weighted by molar-refractivity contribution is 6.32. The lowest BCUT2D eigenvalue weighted by molar-refractivity contribution is -0.199. The van der Waals surface area contributed by atoms with Gasteiger partial charge in [-0.05, 0) is 67.4 Å². The largest absolute Gasteiger partial charge is 0.489 e. The summed E-state index contributed by atoms with van der Waals surface area (Å²) in [5.41, 5.74) is 4.44. The lowest BCUT2D eigenvalue weighted by Gasteiger charge is -2.65. The van der Waals surface area contributed by atoms with Crippen LogP contribution in [0.25, 0.3) is 0 Å². The molecule has 0 radical (unpaired) electrons. The second-order valence-corrected chi connectivity index (χ2v) is 18.0. The lowest BCUT2D eigenvalue weighted by Crippen LogP contribution is -2.74. The first kappa shape index (κ1) is 37.9. The molecule has 5 heterocycles. The fourth-order valence-electron chi connectivity index (χ4n) is 10.5. The molecular weight excluding hydrogens is 756 g/mol. The molecule has 4 fully saturated rings. The number of rotatable bonds is 6. The van der Waals surface area contributed by atoms with E-state index in [2.05, 4.69) is 60.7 Å². The Hall–Kier alpha value is -5.69. The van der Waals surface area contributed by atoms with E-state index < -0.39 is 29.7 Å². The highest BCUT2D eigenvalue weighted by Crippen LogP contribution is 2.59. The molecule has 3 aromatic rings. The predicted molar refractivity (Wildman–Crippen MR) is 214 cm³/mol. The number of piperidine rings is 1. The molecule has 1 saturated carbocycles. The molecule has 12 nitrogen and oxygen atoms in total. The van der Waals surface area contributed by atoms with Crippen molar-refractivity contribution in [3.63, 3.8) is 0 Å². The van der Waals surface area contributed by atoms with Crippen LogP contribution in [0.4, 0.5) is 5.69 Å². The number of ether oxygens (including phenoxy) is 1.